The Bertz CT molecular complexity index is 1090. The van der Waals surface area contributed by atoms with Gasteiger partial charge in [-0.2, -0.15) is 0 Å². The number of thiophene rings is 1. The van der Waals surface area contributed by atoms with Crippen LogP contribution in [-0.2, 0) is 11.3 Å². The van der Waals surface area contributed by atoms with Crippen molar-refractivity contribution in [3.8, 4) is 5.75 Å². The van der Waals surface area contributed by atoms with Gasteiger partial charge in [0.2, 0.25) is 5.91 Å². The summed E-state index contributed by atoms with van der Waals surface area (Å²) in [5.41, 5.74) is 2.41. The van der Waals surface area contributed by atoms with E-state index >= 15 is 0 Å². The zero-order chi connectivity index (χ0) is 23.8. The fourth-order valence-corrected chi connectivity index (χ4v) is 4.74. The lowest BCUT2D eigenvalue weighted by Crippen LogP contribution is -2.45. The molecule has 0 saturated carbocycles. The van der Waals surface area contributed by atoms with Crippen molar-refractivity contribution in [2.24, 2.45) is 0 Å². The summed E-state index contributed by atoms with van der Waals surface area (Å²) in [4.78, 5) is 17.9. The number of benzene rings is 2. The summed E-state index contributed by atoms with van der Waals surface area (Å²) < 4.78 is 6.06. The molecule has 5 nitrogen and oxygen atoms in total. The molecule has 1 aromatic heterocycles. The number of halogens is 1. The number of anilines is 1. The molecule has 2 aromatic carbocycles. The number of carbonyl (C=O) groups excluding carboxylic acids is 1. The summed E-state index contributed by atoms with van der Waals surface area (Å²) in [6, 6.07) is 20.2. The topological polar surface area (TPSA) is 44.8 Å². The van der Waals surface area contributed by atoms with Gasteiger partial charge in [-0.3, -0.25) is 9.69 Å². The molecule has 7 heteroatoms. The first-order valence-electron chi connectivity index (χ1n) is 11.5. The van der Waals surface area contributed by atoms with Crippen LogP contribution in [0.15, 0.2) is 72.1 Å². The molecular weight excluding hydrogens is 466 g/mol. The van der Waals surface area contributed by atoms with Crippen molar-refractivity contribution in [1.29, 1.82) is 0 Å². The van der Waals surface area contributed by atoms with E-state index in [2.05, 4.69) is 33.3 Å². The molecule has 0 unspecified atom stereocenters. The number of piperazine rings is 1. The van der Waals surface area contributed by atoms with E-state index in [0.717, 1.165) is 48.4 Å². The second kappa shape index (κ2) is 12.1. The van der Waals surface area contributed by atoms with Gasteiger partial charge in [-0.15, -0.1) is 11.3 Å². The molecule has 2 heterocycles. The molecule has 0 aliphatic carbocycles. The molecule has 1 atom stereocenters. The van der Waals surface area contributed by atoms with Gasteiger partial charge in [0.15, 0.2) is 0 Å². The Labute approximate surface area is 210 Å². The van der Waals surface area contributed by atoms with Gasteiger partial charge in [-0.25, -0.2) is 0 Å². The first kappa shape index (κ1) is 24.3. The van der Waals surface area contributed by atoms with Crippen molar-refractivity contribution in [1.82, 2.24) is 10.2 Å². The predicted octanol–water partition coefficient (Wildman–Crippen LogP) is 5.32. The van der Waals surface area contributed by atoms with Crippen LogP contribution in [0.2, 0.25) is 5.02 Å². The van der Waals surface area contributed by atoms with Crippen LogP contribution in [0.25, 0.3) is 6.08 Å². The van der Waals surface area contributed by atoms with Crippen LogP contribution in [-0.4, -0.2) is 49.6 Å². The fourth-order valence-electron chi connectivity index (χ4n) is 3.93. The Balaban J connectivity index is 1.22. The van der Waals surface area contributed by atoms with Crippen LogP contribution in [0.5, 0.6) is 5.75 Å². The Morgan fingerprint density at radius 3 is 2.71 bits per heavy atom. The highest BCUT2D eigenvalue weighted by Gasteiger charge is 2.18. The minimum absolute atomic E-state index is 0.116. The van der Waals surface area contributed by atoms with E-state index in [-0.39, 0.29) is 12.0 Å². The molecule has 178 valence electrons. The lowest BCUT2D eigenvalue weighted by atomic mass is 10.1. The van der Waals surface area contributed by atoms with Gasteiger partial charge in [0.1, 0.15) is 11.9 Å². The molecule has 0 spiro atoms. The second-order valence-corrected chi connectivity index (χ2v) is 9.83. The van der Waals surface area contributed by atoms with Crippen LogP contribution in [0.4, 0.5) is 5.69 Å². The molecule has 1 aliphatic heterocycles. The Hall–Kier alpha value is -2.80. The summed E-state index contributed by atoms with van der Waals surface area (Å²) in [5, 5.41) is 5.67. The van der Waals surface area contributed by atoms with Crippen molar-refractivity contribution in [2.45, 2.75) is 19.6 Å². The number of nitrogens with one attached hydrogen (secondary N) is 1. The van der Waals surface area contributed by atoms with Gasteiger partial charge in [-0.1, -0.05) is 35.9 Å². The smallest absolute Gasteiger partial charge is 0.244 e. The summed E-state index contributed by atoms with van der Waals surface area (Å²) >= 11 is 7.75. The maximum atomic E-state index is 12.0. The third-order valence-corrected chi connectivity index (χ3v) is 6.77. The van der Waals surface area contributed by atoms with Crippen LogP contribution >= 0.6 is 22.9 Å². The number of carbonyl (C=O) groups is 1. The van der Waals surface area contributed by atoms with Crippen LogP contribution in [0.3, 0.4) is 0 Å². The summed E-state index contributed by atoms with van der Waals surface area (Å²) in [6.07, 6.45) is 3.25. The van der Waals surface area contributed by atoms with Crippen molar-refractivity contribution >= 4 is 40.6 Å². The maximum absolute atomic E-state index is 12.0. The van der Waals surface area contributed by atoms with Gasteiger partial charge >= 0.3 is 0 Å². The first-order chi connectivity index (χ1) is 16.5. The maximum Gasteiger partial charge on any atom is 0.244 e. The average molecular weight is 496 g/mol. The van der Waals surface area contributed by atoms with E-state index < -0.39 is 0 Å². The molecule has 34 heavy (non-hydrogen) atoms. The molecular formula is C27H30ClN3O2S. The first-order valence-corrected chi connectivity index (χ1v) is 12.8. The zero-order valence-corrected chi connectivity index (χ0v) is 20.9. The standard InChI is InChI=1S/C27H30ClN3O2S/c1-21(19-29-27(32)11-10-26-9-4-16-34-26)33-25-8-2-5-22(17-25)20-30-12-14-31(15-13-30)24-7-3-6-23(28)18-24/h2-11,16-18,21H,12-15,19-20H2,1H3,(H,29,32)/b11-10+/t21-/m1/s1. The third-order valence-electron chi connectivity index (χ3n) is 5.69. The van der Waals surface area contributed by atoms with E-state index in [1.165, 1.54) is 11.3 Å². The minimum atomic E-state index is -0.129. The van der Waals surface area contributed by atoms with Crippen molar-refractivity contribution in [2.75, 3.05) is 37.6 Å². The van der Waals surface area contributed by atoms with Crippen LogP contribution < -0.4 is 15.0 Å². The molecule has 3 aromatic rings. The number of hydrogen-bond donors (Lipinski definition) is 1. The second-order valence-electron chi connectivity index (χ2n) is 8.41. The molecule has 4 rings (SSSR count). The minimum Gasteiger partial charge on any atom is -0.489 e. The Morgan fingerprint density at radius 1 is 1.12 bits per heavy atom. The molecule has 1 saturated heterocycles. The fraction of sp³-hybridized carbons (Fsp3) is 0.296. The van der Waals surface area contributed by atoms with Gasteiger partial charge < -0.3 is 15.0 Å². The van der Waals surface area contributed by atoms with Crippen LogP contribution in [0.1, 0.15) is 17.4 Å². The zero-order valence-electron chi connectivity index (χ0n) is 19.3. The van der Waals surface area contributed by atoms with E-state index in [1.807, 2.05) is 60.8 Å². The lowest BCUT2D eigenvalue weighted by Gasteiger charge is -2.36. The van der Waals surface area contributed by atoms with Crippen molar-refractivity contribution in [3.05, 3.63) is 87.6 Å². The van der Waals surface area contributed by atoms with E-state index in [0.29, 0.717) is 6.54 Å². The number of hydrogen-bond acceptors (Lipinski definition) is 5. The largest absolute Gasteiger partial charge is 0.489 e. The normalized spacial score (nSPS) is 15.4. The van der Waals surface area contributed by atoms with Gasteiger partial charge in [-0.05, 0) is 60.3 Å². The highest BCUT2D eigenvalue weighted by molar-refractivity contribution is 7.10. The Kier molecular flexibility index (Phi) is 8.63. The summed E-state index contributed by atoms with van der Waals surface area (Å²) in [5.74, 6) is 0.709. The quantitative estimate of drug-likeness (QED) is 0.408. The molecule has 0 radical (unpaired) electrons. The number of amides is 1. The highest BCUT2D eigenvalue weighted by Crippen LogP contribution is 2.22. The Morgan fingerprint density at radius 2 is 1.94 bits per heavy atom. The molecule has 1 aliphatic rings. The van der Waals surface area contributed by atoms with E-state index in [9.17, 15) is 4.79 Å². The van der Waals surface area contributed by atoms with Crippen molar-refractivity contribution < 1.29 is 9.53 Å². The number of nitrogens with zero attached hydrogens (tertiary/aromatic N) is 2. The lowest BCUT2D eigenvalue weighted by molar-refractivity contribution is -0.116. The van der Waals surface area contributed by atoms with E-state index in [1.54, 1.807) is 17.4 Å². The predicted molar refractivity (Wildman–Crippen MR) is 142 cm³/mol. The average Bonchev–Trinajstić information content (AvgIpc) is 3.36. The summed E-state index contributed by atoms with van der Waals surface area (Å²) in [6.45, 7) is 7.26. The highest BCUT2D eigenvalue weighted by atomic mass is 35.5. The molecule has 1 fully saturated rings. The molecule has 1 amide bonds. The van der Waals surface area contributed by atoms with Gasteiger partial charge in [0.25, 0.3) is 0 Å². The monoisotopic (exact) mass is 495 g/mol. The van der Waals surface area contributed by atoms with Crippen LogP contribution in [0, 0.1) is 0 Å². The number of rotatable bonds is 9. The van der Waals surface area contributed by atoms with E-state index in [4.69, 9.17) is 16.3 Å². The molecule has 0 bridgehead atoms. The summed E-state index contributed by atoms with van der Waals surface area (Å²) in [7, 11) is 0. The third kappa shape index (κ3) is 7.35. The van der Waals surface area contributed by atoms with Gasteiger partial charge in [0.05, 0.1) is 6.54 Å². The number of ether oxygens (including phenoxy) is 1. The van der Waals surface area contributed by atoms with Gasteiger partial charge in [0, 0.05) is 54.4 Å². The SMILES string of the molecule is C[C@H](CNC(=O)/C=C/c1cccs1)Oc1cccc(CN2CCN(c3cccc(Cl)c3)CC2)c1. The van der Waals surface area contributed by atoms with Crippen molar-refractivity contribution in [3.63, 3.8) is 0 Å². The molecule has 1 N–H and O–H groups in total.